The van der Waals surface area contributed by atoms with Crippen LogP contribution in [0.5, 0.6) is 0 Å². The Bertz CT molecular complexity index is 396. The Hall–Kier alpha value is -1.35. The highest BCUT2D eigenvalue weighted by Gasteiger charge is 2.20. The third kappa shape index (κ3) is 3.57. The van der Waals surface area contributed by atoms with Gasteiger partial charge in [0.1, 0.15) is 5.82 Å². The zero-order chi connectivity index (χ0) is 13.0. The van der Waals surface area contributed by atoms with Crippen molar-refractivity contribution in [3.05, 3.63) is 36.5 Å². The minimum Gasteiger partial charge on any atom is -0.350 e. The first-order chi connectivity index (χ1) is 8.70. The van der Waals surface area contributed by atoms with Crippen molar-refractivity contribution in [2.24, 2.45) is 0 Å². The molecule has 98 valence electrons. The second-order valence-corrected chi connectivity index (χ2v) is 5.21. The molecule has 3 heteroatoms. The largest absolute Gasteiger partial charge is 0.350 e. The monoisotopic (exact) mass is 245 g/mol. The van der Waals surface area contributed by atoms with Crippen LogP contribution in [0.4, 0.5) is 5.82 Å². The maximum absolute atomic E-state index is 4.47. The molecule has 1 fully saturated rings. The van der Waals surface area contributed by atoms with Crippen LogP contribution in [0.3, 0.4) is 0 Å². The fraction of sp³-hybridized carbons (Fsp3) is 0.533. The smallest absolute Gasteiger partial charge is 0.129 e. The summed E-state index contributed by atoms with van der Waals surface area (Å²) >= 11 is 0. The molecule has 0 atom stereocenters. The van der Waals surface area contributed by atoms with Crippen molar-refractivity contribution in [2.75, 3.05) is 11.4 Å². The Labute approximate surface area is 110 Å². The molecule has 1 aliphatic rings. The summed E-state index contributed by atoms with van der Waals surface area (Å²) in [6.07, 6.45) is 6.48. The van der Waals surface area contributed by atoms with E-state index in [1.54, 1.807) is 0 Å². The van der Waals surface area contributed by atoms with E-state index in [1.807, 2.05) is 12.3 Å². The average molecular weight is 245 g/mol. The van der Waals surface area contributed by atoms with Crippen LogP contribution in [-0.2, 0) is 6.54 Å². The highest BCUT2D eigenvalue weighted by atomic mass is 15.2. The number of hydrogen-bond acceptors (Lipinski definition) is 3. The number of nitrogens with zero attached hydrogens (tertiary/aromatic N) is 2. The van der Waals surface area contributed by atoms with Crippen molar-refractivity contribution < 1.29 is 0 Å². The van der Waals surface area contributed by atoms with E-state index in [-0.39, 0.29) is 0 Å². The Morgan fingerprint density at radius 3 is 2.94 bits per heavy atom. The van der Waals surface area contributed by atoms with Crippen molar-refractivity contribution in [3.8, 4) is 0 Å². The zero-order valence-electron chi connectivity index (χ0n) is 11.4. The molecule has 0 spiro atoms. The Morgan fingerprint density at radius 2 is 2.33 bits per heavy atom. The van der Waals surface area contributed by atoms with Gasteiger partial charge in [0.2, 0.25) is 0 Å². The van der Waals surface area contributed by atoms with E-state index in [0.29, 0.717) is 6.04 Å². The molecular formula is C15H23N3. The predicted octanol–water partition coefficient (Wildman–Crippen LogP) is 2.73. The zero-order valence-corrected chi connectivity index (χ0v) is 11.4. The van der Waals surface area contributed by atoms with Crippen LogP contribution in [0.15, 0.2) is 31.0 Å². The van der Waals surface area contributed by atoms with Gasteiger partial charge in [-0.2, -0.15) is 0 Å². The van der Waals surface area contributed by atoms with Crippen molar-refractivity contribution in [2.45, 2.75) is 45.3 Å². The second kappa shape index (κ2) is 6.01. The fourth-order valence-electron chi connectivity index (χ4n) is 1.99. The number of hydrogen-bond donors (Lipinski definition) is 1. The van der Waals surface area contributed by atoms with Gasteiger partial charge in [-0.3, -0.25) is 0 Å². The van der Waals surface area contributed by atoms with Gasteiger partial charge in [0.15, 0.2) is 0 Å². The summed E-state index contributed by atoms with van der Waals surface area (Å²) in [6, 6.07) is 5.45. The van der Waals surface area contributed by atoms with Gasteiger partial charge in [-0.05, 0) is 44.4 Å². The molecule has 2 rings (SSSR count). The third-order valence-corrected chi connectivity index (χ3v) is 3.23. The molecule has 0 unspecified atom stereocenters. The van der Waals surface area contributed by atoms with Crippen LogP contribution < -0.4 is 10.2 Å². The number of nitrogens with one attached hydrogen (secondary N) is 1. The van der Waals surface area contributed by atoms with E-state index in [1.165, 1.54) is 18.4 Å². The van der Waals surface area contributed by atoms with E-state index in [2.05, 4.69) is 47.8 Å². The molecule has 0 aliphatic heterocycles. The highest BCUT2D eigenvalue weighted by Crippen LogP contribution is 2.20. The quantitative estimate of drug-likeness (QED) is 0.749. The Kier molecular flexibility index (Phi) is 4.37. The van der Waals surface area contributed by atoms with E-state index in [4.69, 9.17) is 0 Å². The van der Waals surface area contributed by atoms with Gasteiger partial charge >= 0.3 is 0 Å². The van der Waals surface area contributed by atoms with E-state index in [0.717, 1.165) is 24.9 Å². The minimum absolute atomic E-state index is 0.433. The standard InChI is InChI=1S/C15H23N3/c1-4-9-18(12(2)3)15-10-13(7-8-16-15)11-17-14-5-6-14/h4,7-8,10,12,14,17H,1,5-6,9,11H2,2-3H3. The van der Waals surface area contributed by atoms with Crippen molar-refractivity contribution in [3.63, 3.8) is 0 Å². The SMILES string of the molecule is C=CCN(c1cc(CNC2CC2)ccn1)C(C)C. The van der Waals surface area contributed by atoms with Gasteiger partial charge in [0, 0.05) is 31.4 Å². The lowest BCUT2D eigenvalue weighted by atomic mass is 10.2. The van der Waals surface area contributed by atoms with Crippen LogP contribution in [0.1, 0.15) is 32.3 Å². The summed E-state index contributed by atoms with van der Waals surface area (Å²) in [5.41, 5.74) is 1.31. The number of aromatic nitrogens is 1. The first kappa shape index (κ1) is 13.1. The highest BCUT2D eigenvalue weighted by molar-refractivity contribution is 5.42. The predicted molar refractivity (Wildman–Crippen MR) is 76.8 cm³/mol. The normalized spacial score (nSPS) is 14.8. The number of pyridine rings is 1. The van der Waals surface area contributed by atoms with Crippen molar-refractivity contribution in [1.29, 1.82) is 0 Å². The van der Waals surface area contributed by atoms with Crippen LogP contribution in [0.25, 0.3) is 0 Å². The van der Waals surface area contributed by atoms with E-state index >= 15 is 0 Å². The van der Waals surface area contributed by atoms with Gasteiger partial charge in [0.25, 0.3) is 0 Å². The summed E-state index contributed by atoms with van der Waals surface area (Å²) in [5.74, 6) is 1.04. The first-order valence-corrected chi connectivity index (χ1v) is 6.76. The number of rotatable bonds is 7. The van der Waals surface area contributed by atoms with E-state index in [9.17, 15) is 0 Å². The molecule has 1 saturated carbocycles. The topological polar surface area (TPSA) is 28.2 Å². The lowest BCUT2D eigenvalue weighted by molar-refractivity contribution is 0.682. The Morgan fingerprint density at radius 1 is 1.56 bits per heavy atom. The third-order valence-electron chi connectivity index (χ3n) is 3.23. The van der Waals surface area contributed by atoms with Gasteiger partial charge in [-0.1, -0.05) is 6.08 Å². The molecule has 0 bridgehead atoms. The summed E-state index contributed by atoms with van der Waals surface area (Å²) in [5, 5.41) is 3.53. The summed E-state index contributed by atoms with van der Waals surface area (Å²) in [4.78, 5) is 6.73. The van der Waals surface area contributed by atoms with Crippen LogP contribution in [-0.4, -0.2) is 23.6 Å². The van der Waals surface area contributed by atoms with Crippen LogP contribution >= 0.6 is 0 Å². The first-order valence-electron chi connectivity index (χ1n) is 6.76. The van der Waals surface area contributed by atoms with E-state index < -0.39 is 0 Å². The molecule has 0 saturated heterocycles. The molecule has 0 aromatic carbocycles. The maximum Gasteiger partial charge on any atom is 0.129 e. The molecule has 1 N–H and O–H groups in total. The van der Waals surface area contributed by atoms with Gasteiger partial charge in [0.05, 0.1) is 0 Å². The minimum atomic E-state index is 0.433. The molecule has 1 heterocycles. The molecule has 18 heavy (non-hydrogen) atoms. The van der Waals surface area contributed by atoms with Gasteiger partial charge in [-0.15, -0.1) is 6.58 Å². The van der Waals surface area contributed by atoms with Crippen LogP contribution in [0.2, 0.25) is 0 Å². The average Bonchev–Trinajstić information content (AvgIpc) is 3.17. The second-order valence-electron chi connectivity index (χ2n) is 5.21. The van der Waals surface area contributed by atoms with Crippen molar-refractivity contribution in [1.82, 2.24) is 10.3 Å². The lowest BCUT2D eigenvalue weighted by Crippen LogP contribution is -2.31. The molecule has 0 radical (unpaired) electrons. The maximum atomic E-state index is 4.47. The van der Waals surface area contributed by atoms with Crippen LogP contribution in [0, 0.1) is 0 Å². The summed E-state index contributed by atoms with van der Waals surface area (Å²) in [6.45, 7) is 9.96. The molecule has 1 aromatic rings. The number of anilines is 1. The van der Waals surface area contributed by atoms with Gasteiger partial charge < -0.3 is 10.2 Å². The molecule has 3 nitrogen and oxygen atoms in total. The molecular weight excluding hydrogens is 222 g/mol. The summed E-state index contributed by atoms with van der Waals surface area (Å²) in [7, 11) is 0. The summed E-state index contributed by atoms with van der Waals surface area (Å²) < 4.78 is 0. The molecule has 1 aliphatic carbocycles. The Balaban J connectivity index is 2.05. The van der Waals surface area contributed by atoms with Gasteiger partial charge in [-0.25, -0.2) is 4.98 Å². The lowest BCUT2D eigenvalue weighted by Gasteiger charge is -2.26. The van der Waals surface area contributed by atoms with Crippen molar-refractivity contribution >= 4 is 5.82 Å². The molecule has 0 amide bonds. The fourth-order valence-corrected chi connectivity index (χ4v) is 1.99. The molecule has 1 aromatic heterocycles.